The first kappa shape index (κ1) is 33.9. The number of carbonyl (C=O) groups is 1. The number of halogens is 1. The second kappa shape index (κ2) is 13.0. The van der Waals surface area contributed by atoms with E-state index in [1.807, 2.05) is 6.07 Å². The van der Waals surface area contributed by atoms with Crippen LogP contribution in [-0.2, 0) is 21.0 Å². The van der Waals surface area contributed by atoms with Gasteiger partial charge in [-0.3, -0.25) is 4.79 Å². The quantitative estimate of drug-likeness (QED) is 0.285. The van der Waals surface area contributed by atoms with Gasteiger partial charge in [-0.1, -0.05) is 20.8 Å². The molecule has 2 aromatic rings. The van der Waals surface area contributed by atoms with Crippen LogP contribution in [0.5, 0.6) is 5.75 Å². The van der Waals surface area contributed by atoms with Crippen molar-refractivity contribution < 1.29 is 22.4 Å². The number of sulfonamides is 1. The van der Waals surface area contributed by atoms with E-state index in [9.17, 15) is 13.2 Å². The minimum atomic E-state index is -3.24. The topological polar surface area (TPSA) is 84.3 Å². The standard InChI is InChI=1S/C32H51BrN4O5SSi/c1-23(2)34-12-10-25(11-13-34)42-30-21-24-20-29(31(38)35-14-16-36(17-15-35)43(39,40)26-8-9-26)37(28(24)22-27(30)33)18-19-41-44(6,7)32(3,4)5/h20-23,25-26H,8-19H2,1-7H3. The van der Waals surface area contributed by atoms with Crippen molar-refractivity contribution in [3.05, 3.63) is 28.4 Å². The van der Waals surface area contributed by atoms with E-state index in [-0.39, 0.29) is 22.3 Å². The van der Waals surface area contributed by atoms with Crippen LogP contribution in [0, 0.1) is 0 Å². The lowest BCUT2D eigenvalue weighted by atomic mass is 10.1. The summed E-state index contributed by atoms with van der Waals surface area (Å²) in [4.78, 5) is 18.3. The van der Waals surface area contributed by atoms with E-state index in [2.05, 4.69) is 85.2 Å². The number of aromatic nitrogens is 1. The average Bonchev–Trinajstić information content (AvgIpc) is 3.77. The number of rotatable bonds is 10. The van der Waals surface area contributed by atoms with Gasteiger partial charge in [-0.05, 0) is 91.8 Å². The molecule has 246 valence electrons. The SMILES string of the molecule is CC(C)N1CCC(Oc2cc3cc(C(=O)N4CCN(S(=O)(=O)C5CC5)CC4)n(CCO[Si](C)(C)C(C)(C)C)c3cc2Br)CC1. The first-order valence-corrected chi connectivity index (χ1v) is 21.4. The lowest BCUT2D eigenvalue weighted by molar-refractivity contribution is 0.0686. The molecule has 0 bridgehead atoms. The second-order valence-corrected chi connectivity index (χ2v) is 22.4. The summed E-state index contributed by atoms with van der Waals surface area (Å²) in [6, 6.07) is 6.63. The van der Waals surface area contributed by atoms with Crippen LogP contribution in [0.25, 0.3) is 10.9 Å². The smallest absolute Gasteiger partial charge is 0.270 e. The van der Waals surface area contributed by atoms with Crippen LogP contribution < -0.4 is 4.74 Å². The van der Waals surface area contributed by atoms with E-state index in [0.29, 0.717) is 51.1 Å². The highest BCUT2D eigenvalue weighted by Gasteiger charge is 2.42. The fourth-order valence-electron chi connectivity index (χ4n) is 5.95. The summed E-state index contributed by atoms with van der Waals surface area (Å²) in [6.07, 6.45) is 3.62. The summed E-state index contributed by atoms with van der Waals surface area (Å²) in [7, 11) is -5.22. The largest absolute Gasteiger partial charge is 0.489 e. The predicted molar refractivity (Wildman–Crippen MR) is 183 cm³/mol. The molecule has 1 aromatic heterocycles. The first-order valence-electron chi connectivity index (χ1n) is 16.2. The van der Waals surface area contributed by atoms with Crippen LogP contribution in [0.4, 0.5) is 0 Å². The zero-order valence-electron chi connectivity index (χ0n) is 27.6. The van der Waals surface area contributed by atoms with Gasteiger partial charge in [0.05, 0.1) is 21.8 Å². The molecule has 2 saturated heterocycles. The molecule has 5 rings (SSSR count). The third-order valence-corrected chi connectivity index (χ3v) is 17.6. The van der Waals surface area contributed by atoms with Gasteiger partial charge in [0.2, 0.25) is 10.0 Å². The van der Waals surface area contributed by atoms with Gasteiger partial charge in [-0.25, -0.2) is 8.42 Å². The molecule has 1 aromatic carbocycles. The number of likely N-dealkylation sites (tertiary alicyclic amines) is 1. The Morgan fingerprint density at radius 3 is 2.20 bits per heavy atom. The molecule has 3 aliphatic rings. The van der Waals surface area contributed by atoms with Crippen molar-refractivity contribution in [3.63, 3.8) is 0 Å². The van der Waals surface area contributed by atoms with Crippen LogP contribution in [-0.4, -0.2) is 105 Å². The number of piperazine rings is 1. The summed E-state index contributed by atoms with van der Waals surface area (Å²) < 4.78 is 43.1. The molecular weight excluding hydrogens is 660 g/mol. The molecule has 12 heteroatoms. The van der Waals surface area contributed by atoms with Crippen molar-refractivity contribution in [1.82, 2.24) is 18.7 Å². The number of ether oxygens (including phenoxy) is 1. The molecular formula is C32H51BrN4O5SSi. The molecule has 0 atom stereocenters. The third-order valence-electron chi connectivity index (χ3n) is 10.1. The molecule has 2 aliphatic heterocycles. The molecule has 9 nitrogen and oxygen atoms in total. The maximum Gasteiger partial charge on any atom is 0.270 e. The molecule has 1 saturated carbocycles. The van der Waals surface area contributed by atoms with Crippen molar-refractivity contribution in [2.45, 2.75) is 102 Å². The highest BCUT2D eigenvalue weighted by molar-refractivity contribution is 9.10. The molecule has 0 spiro atoms. The lowest BCUT2D eigenvalue weighted by Crippen LogP contribution is -2.51. The van der Waals surface area contributed by atoms with Gasteiger partial charge in [0.1, 0.15) is 17.5 Å². The minimum Gasteiger partial charge on any atom is -0.489 e. The maximum absolute atomic E-state index is 14.0. The number of fused-ring (bicyclic) bond motifs is 1. The number of hydrogen-bond acceptors (Lipinski definition) is 6. The number of hydrogen-bond donors (Lipinski definition) is 0. The van der Waals surface area contributed by atoms with Gasteiger partial charge in [0.25, 0.3) is 5.91 Å². The predicted octanol–water partition coefficient (Wildman–Crippen LogP) is 5.93. The lowest BCUT2D eigenvalue weighted by Gasteiger charge is -2.36. The Kier molecular flexibility index (Phi) is 10.0. The van der Waals surface area contributed by atoms with Crippen LogP contribution in [0.2, 0.25) is 18.1 Å². The summed E-state index contributed by atoms with van der Waals surface area (Å²) in [5, 5.41) is 0.810. The van der Waals surface area contributed by atoms with Crippen molar-refractivity contribution in [1.29, 1.82) is 0 Å². The Labute approximate surface area is 273 Å². The molecule has 1 amide bonds. The van der Waals surface area contributed by atoms with E-state index < -0.39 is 18.3 Å². The van der Waals surface area contributed by atoms with E-state index in [1.54, 1.807) is 9.21 Å². The summed E-state index contributed by atoms with van der Waals surface area (Å²) in [6.45, 7) is 20.2. The van der Waals surface area contributed by atoms with Gasteiger partial charge in [-0.15, -0.1) is 0 Å². The van der Waals surface area contributed by atoms with Crippen molar-refractivity contribution in [3.8, 4) is 5.75 Å². The molecule has 3 heterocycles. The highest BCUT2D eigenvalue weighted by atomic mass is 79.9. The zero-order chi connectivity index (χ0) is 32.0. The fourth-order valence-corrected chi connectivity index (χ4v) is 9.24. The molecule has 0 radical (unpaired) electrons. The number of benzene rings is 1. The fraction of sp³-hybridized carbons (Fsp3) is 0.719. The third kappa shape index (κ3) is 7.25. The maximum atomic E-state index is 14.0. The number of piperidine rings is 1. The average molecular weight is 712 g/mol. The number of carbonyl (C=O) groups excluding carboxylic acids is 1. The van der Waals surface area contributed by atoms with Crippen LogP contribution in [0.1, 0.15) is 70.8 Å². The van der Waals surface area contributed by atoms with Crippen molar-refractivity contribution >= 4 is 51.1 Å². The van der Waals surface area contributed by atoms with Gasteiger partial charge in [0, 0.05) is 57.2 Å². The van der Waals surface area contributed by atoms with Crippen LogP contribution >= 0.6 is 15.9 Å². The minimum absolute atomic E-state index is 0.0726. The van der Waals surface area contributed by atoms with E-state index in [4.69, 9.17) is 9.16 Å². The second-order valence-electron chi connectivity index (χ2n) is 14.5. The van der Waals surface area contributed by atoms with Gasteiger partial charge in [0.15, 0.2) is 8.32 Å². The molecule has 44 heavy (non-hydrogen) atoms. The van der Waals surface area contributed by atoms with Gasteiger partial charge >= 0.3 is 0 Å². The Morgan fingerprint density at radius 1 is 1.00 bits per heavy atom. The Hall–Kier alpha value is -1.44. The Balaban J connectivity index is 1.38. The van der Waals surface area contributed by atoms with E-state index >= 15 is 0 Å². The van der Waals surface area contributed by atoms with Gasteiger partial charge < -0.3 is 23.5 Å². The van der Waals surface area contributed by atoms with Crippen molar-refractivity contribution in [2.75, 3.05) is 45.9 Å². The Bertz CT molecular complexity index is 1450. The monoisotopic (exact) mass is 710 g/mol. The molecule has 0 N–H and O–H groups in total. The highest BCUT2D eigenvalue weighted by Crippen LogP contribution is 2.38. The number of amides is 1. The summed E-state index contributed by atoms with van der Waals surface area (Å²) in [5.41, 5.74) is 1.56. The Morgan fingerprint density at radius 2 is 1.64 bits per heavy atom. The normalized spacial score (nSPS) is 20.2. The van der Waals surface area contributed by atoms with Gasteiger partial charge in [-0.2, -0.15) is 4.31 Å². The summed E-state index contributed by atoms with van der Waals surface area (Å²) in [5.74, 6) is 0.727. The molecule has 1 aliphatic carbocycles. The summed E-state index contributed by atoms with van der Waals surface area (Å²) >= 11 is 3.77. The molecule has 0 unspecified atom stereocenters. The first-order chi connectivity index (χ1) is 20.6. The van der Waals surface area contributed by atoms with E-state index in [0.717, 1.165) is 59.9 Å². The van der Waals surface area contributed by atoms with Crippen molar-refractivity contribution in [2.24, 2.45) is 0 Å². The molecule has 3 fully saturated rings. The van der Waals surface area contributed by atoms with Crippen LogP contribution in [0.15, 0.2) is 22.7 Å². The van der Waals surface area contributed by atoms with Crippen LogP contribution in [0.3, 0.4) is 0 Å². The van der Waals surface area contributed by atoms with E-state index in [1.165, 1.54) is 0 Å². The number of nitrogens with zero attached hydrogens (tertiary/aromatic N) is 4. The zero-order valence-corrected chi connectivity index (χ0v) is 31.0.